The first kappa shape index (κ1) is 17.0. The van der Waals surface area contributed by atoms with Gasteiger partial charge < -0.3 is 15.4 Å². The summed E-state index contributed by atoms with van der Waals surface area (Å²) < 4.78 is 5.76. The lowest BCUT2D eigenvalue weighted by atomic mass is 10.0. The largest absolute Gasteiger partial charge is 0.385 e. The number of carbonyl (C=O) groups is 2. The van der Waals surface area contributed by atoms with Gasteiger partial charge in [-0.3, -0.25) is 9.59 Å². The van der Waals surface area contributed by atoms with Crippen molar-refractivity contribution in [2.24, 2.45) is 5.41 Å². The molecule has 1 aromatic rings. The van der Waals surface area contributed by atoms with E-state index >= 15 is 0 Å². The number of ether oxygens (including phenoxy) is 1. The Kier molecular flexibility index (Phi) is 5.58. The molecule has 0 aromatic heterocycles. The van der Waals surface area contributed by atoms with Crippen LogP contribution in [0.3, 0.4) is 0 Å². The molecule has 1 aliphatic rings. The number of amides is 2. The average Bonchev–Trinajstić information content (AvgIpc) is 3.28. The van der Waals surface area contributed by atoms with Gasteiger partial charge in [0.15, 0.2) is 0 Å². The Labute approximate surface area is 138 Å². The zero-order valence-corrected chi connectivity index (χ0v) is 14.5. The van der Waals surface area contributed by atoms with E-state index in [4.69, 9.17) is 4.74 Å². The molecule has 2 rings (SSSR count). The second-order valence-corrected chi connectivity index (χ2v) is 6.48. The van der Waals surface area contributed by atoms with Crippen LogP contribution in [0.25, 0.3) is 0 Å². The smallest absolute Gasteiger partial charge is 0.240 e. The Morgan fingerprint density at radius 3 is 2.64 bits per heavy atom. The summed E-state index contributed by atoms with van der Waals surface area (Å²) in [6.07, 6.45) is 1.93. The van der Waals surface area contributed by atoms with Crippen molar-refractivity contribution in [3.63, 3.8) is 0 Å². The van der Waals surface area contributed by atoms with E-state index in [1.165, 1.54) is 0 Å². The molecule has 1 aliphatic carbocycles. The Morgan fingerprint density at radius 2 is 2.05 bits per heavy atom. The number of benzene rings is 1. The number of hydrogen-bond donors (Lipinski definition) is 2. The van der Waals surface area contributed by atoms with Crippen LogP contribution in [0, 0.1) is 12.3 Å². The molecule has 1 saturated carbocycles. The highest BCUT2D eigenvalue weighted by atomic mass is 79.9. The number of rotatable bonds is 7. The fraction of sp³-hybridized carbons (Fsp3) is 0.500. The van der Waals surface area contributed by atoms with Crippen LogP contribution in [0.1, 0.15) is 24.8 Å². The van der Waals surface area contributed by atoms with Gasteiger partial charge in [0.1, 0.15) is 5.41 Å². The first-order chi connectivity index (χ1) is 10.5. The summed E-state index contributed by atoms with van der Waals surface area (Å²) in [6.45, 7) is 3.10. The zero-order valence-electron chi connectivity index (χ0n) is 12.9. The summed E-state index contributed by atoms with van der Waals surface area (Å²) in [4.78, 5) is 24.7. The zero-order chi connectivity index (χ0) is 16.2. The molecular formula is C16H21BrN2O3. The van der Waals surface area contributed by atoms with Crippen LogP contribution in [-0.4, -0.2) is 32.1 Å². The second kappa shape index (κ2) is 7.24. The Morgan fingerprint density at radius 1 is 1.32 bits per heavy atom. The molecule has 2 N–H and O–H groups in total. The third-order valence-corrected chi connectivity index (χ3v) is 4.46. The third-order valence-electron chi connectivity index (χ3n) is 3.80. The minimum absolute atomic E-state index is 0.190. The lowest BCUT2D eigenvalue weighted by Gasteiger charge is -2.16. The van der Waals surface area contributed by atoms with Gasteiger partial charge in [0.2, 0.25) is 11.8 Å². The lowest BCUT2D eigenvalue weighted by Crippen LogP contribution is -2.40. The van der Waals surface area contributed by atoms with Gasteiger partial charge in [0.25, 0.3) is 0 Å². The SMILES string of the molecule is COCCCNC(=O)C1(C(=O)Nc2ccc(C)cc2Br)CC1. The van der Waals surface area contributed by atoms with E-state index in [2.05, 4.69) is 26.6 Å². The molecular weight excluding hydrogens is 348 g/mol. The minimum Gasteiger partial charge on any atom is -0.385 e. The van der Waals surface area contributed by atoms with Gasteiger partial charge >= 0.3 is 0 Å². The van der Waals surface area contributed by atoms with Gasteiger partial charge in [0, 0.05) is 24.7 Å². The molecule has 1 fully saturated rings. The van der Waals surface area contributed by atoms with Gasteiger partial charge in [-0.05, 0) is 59.8 Å². The van der Waals surface area contributed by atoms with E-state index < -0.39 is 5.41 Å². The molecule has 1 aromatic carbocycles. The normalized spacial score (nSPS) is 15.2. The Balaban J connectivity index is 1.95. The maximum absolute atomic E-state index is 12.4. The van der Waals surface area contributed by atoms with Crippen LogP contribution in [-0.2, 0) is 14.3 Å². The summed E-state index contributed by atoms with van der Waals surface area (Å²) in [5, 5.41) is 5.67. The molecule has 0 spiro atoms. The van der Waals surface area contributed by atoms with Crippen LogP contribution in [0.5, 0.6) is 0 Å². The summed E-state index contributed by atoms with van der Waals surface area (Å²) in [6, 6.07) is 5.69. The predicted molar refractivity (Wildman–Crippen MR) is 88.7 cm³/mol. The van der Waals surface area contributed by atoms with Crippen molar-refractivity contribution in [2.75, 3.05) is 25.6 Å². The Hall–Kier alpha value is -1.40. The maximum atomic E-state index is 12.4. The quantitative estimate of drug-likeness (QED) is 0.574. The first-order valence-corrected chi connectivity index (χ1v) is 8.14. The van der Waals surface area contributed by atoms with Gasteiger partial charge in [0.05, 0.1) is 5.69 Å². The van der Waals surface area contributed by atoms with Gasteiger partial charge in [-0.15, -0.1) is 0 Å². The van der Waals surface area contributed by atoms with E-state index in [0.717, 1.165) is 16.5 Å². The van der Waals surface area contributed by atoms with Crippen molar-refractivity contribution >= 4 is 33.4 Å². The van der Waals surface area contributed by atoms with Crippen molar-refractivity contribution in [1.82, 2.24) is 5.32 Å². The summed E-state index contributed by atoms with van der Waals surface area (Å²) in [5.74, 6) is -0.425. The van der Waals surface area contributed by atoms with Gasteiger partial charge in [-0.2, -0.15) is 0 Å². The first-order valence-electron chi connectivity index (χ1n) is 7.34. The second-order valence-electron chi connectivity index (χ2n) is 5.62. The fourth-order valence-electron chi connectivity index (χ4n) is 2.23. The topological polar surface area (TPSA) is 67.4 Å². The lowest BCUT2D eigenvalue weighted by molar-refractivity contribution is -0.134. The minimum atomic E-state index is -0.905. The molecule has 22 heavy (non-hydrogen) atoms. The van der Waals surface area contributed by atoms with E-state index in [-0.39, 0.29) is 11.8 Å². The van der Waals surface area contributed by atoms with Gasteiger partial charge in [-0.1, -0.05) is 6.07 Å². The van der Waals surface area contributed by atoms with Crippen molar-refractivity contribution in [3.05, 3.63) is 28.2 Å². The molecule has 5 nitrogen and oxygen atoms in total. The number of nitrogens with one attached hydrogen (secondary N) is 2. The molecule has 0 saturated heterocycles. The molecule has 0 atom stereocenters. The molecule has 0 bridgehead atoms. The van der Waals surface area contributed by atoms with Crippen molar-refractivity contribution in [3.8, 4) is 0 Å². The number of hydrogen-bond acceptors (Lipinski definition) is 3. The highest BCUT2D eigenvalue weighted by Gasteiger charge is 2.56. The molecule has 6 heteroatoms. The monoisotopic (exact) mass is 368 g/mol. The molecule has 0 radical (unpaired) electrons. The van der Waals surface area contributed by atoms with Crippen LogP contribution in [0.4, 0.5) is 5.69 Å². The third kappa shape index (κ3) is 3.87. The van der Waals surface area contributed by atoms with E-state index in [1.807, 2.05) is 25.1 Å². The predicted octanol–water partition coefficient (Wildman–Crippen LogP) is 2.63. The van der Waals surface area contributed by atoms with Crippen molar-refractivity contribution < 1.29 is 14.3 Å². The van der Waals surface area contributed by atoms with Crippen molar-refractivity contribution in [1.29, 1.82) is 0 Å². The molecule has 0 aliphatic heterocycles. The molecule has 0 unspecified atom stereocenters. The highest BCUT2D eigenvalue weighted by Crippen LogP contribution is 2.47. The summed E-state index contributed by atoms with van der Waals surface area (Å²) >= 11 is 3.43. The van der Waals surface area contributed by atoms with Gasteiger partial charge in [-0.25, -0.2) is 0 Å². The van der Waals surface area contributed by atoms with E-state index in [1.54, 1.807) is 7.11 Å². The maximum Gasteiger partial charge on any atom is 0.240 e. The number of carbonyl (C=O) groups excluding carboxylic acids is 2. The van der Waals surface area contributed by atoms with E-state index in [9.17, 15) is 9.59 Å². The summed E-state index contributed by atoms with van der Waals surface area (Å²) in [7, 11) is 1.62. The van der Waals surface area contributed by atoms with Crippen LogP contribution >= 0.6 is 15.9 Å². The van der Waals surface area contributed by atoms with Crippen LogP contribution < -0.4 is 10.6 Å². The highest BCUT2D eigenvalue weighted by molar-refractivity contribution is 9.10. The number of anilines is 1. The van der Waals surface area contributed by atoms with Crippen LogP contribution in [0.15, 0.2) is 22.7 Å². The van der Waals surface area contributed by atoms with E-state index in [0.29, 0.717) is 31.7 Å². The van der Waals surface area contributed by atoms with Crippen LogP contribution in [0.2, 0.25) is 0 Å². The molecule has 120 valence electrons. The fourth-order valence-corrected chi connectivity index (χ4v) is 2.83. The Bertz CT molecular complexity index is 571. The average molecular weight is 369 g/mol. The number of methoxy groups -OCH3 is 1. The molecule has 2 amide bonds. The number of halogens is 1. The summed E-state index contributed by atoms with van der Waals surface area (Å²) in [5.41, 5.74) is 0.883. The standard InChI is InChI=1S/C16H21BrN2O3/c1-11-4-5-13(12(17)10-11)19-15(21)16(6-7-16)14(20)18-8-3-9-22-2/h4-5,10H,3,6-9H2,1-2H3,(H,18,20)(H,19,21). The molecule has 0 heterocycles. The van der Waals surface area contributed by atoms with Crippen molar-refractivity contribution in [2.45, 2.75) is 26.2 Å². The number of aryl methyl sites for hydroxylation is 1.